The van der Waals surface area contributed by atoms with E-state index in [1.165, 1.54) is 0 Å². The van der Waals surface area contributed by atoms with Crippen LogP contribution in [0.1, 0.15) is 5.82 Å². The van der Waals surface area contributed by atoms with Gasteiger partial charge in [0.25, 0.3) is 0 Å². The normalized spacial score (nSPS) is 16.1. The molecule has 0 atom stereocenters. The molecule has 8 heteroatoms. The van der Waals surface area contributed by atoms with Crippen LogP contribution in [0.15, 0.2) is 12.4 Å². The van der Waals surface area contributed by atoms with Gasteiger partial charge in [-0.3, -0.25) is 9.69 Å². The first-order valence-corrected chi connectivity index (χ1v) is 6.60. The number of H-pyrrole nitrogens is 1. The zero-order chi connectivity index (χ0) is 14.4. The summed E-state index contributed by atoms with van der Waals surface area (Å²) in [5.74, 6) is 0.0120. The lowest BCUT2D eigenvalue weighted by Crippen LogP contribution is -2.52. The quantitative estimate of drug-likeness (QED) is 0.666. The molecule has 0 unspecified atom stereocenters. The monoisotopic (exact) mass is 281 g/mol. The number of carboxylic acid groups (broad SMARTS) is 1. The molecule has 0 aromatic carbocycles. The number of carbonyl (C=O) groups excluding carboxylic acids is 1. The van der Waals surface area contributed by atoms with Gasteiger partial charge in [-0.1, -0.05) is 0 Å². The molecule has 1 saturated heterocycles. The number of hydrogen-bond acceptors (Lipinski definition) is 4. The van der Waals surface area contributed by atoms with Crippen LogP contribution in [-0.2, 0) is 11.2 Å². The molecule has 20 heavy (non-hydrogen) atoms. The minimum absolute atomic E-state index is 0.0357. The van der Waals surface area contributed by atoms with Crippen molar-refractivity contribution in [3.8, 4) is 0 Å². The number of hydrogen-bond donors (Lipinski definition) is 3. The molecule has 0 bridgehead atoms. The van der Waals surface area contributed by atoms with Crippen LogP contribution in [0.25, 0.3) is 0 Å². The van der Waals surface area contributed by atoms with Gasteiger partial charge >= 0.3 is 12.0 Å². The first-order chi connectivity index (χ1) is 9.65. The number of aliphatic carboxylic acids is 1. The molecule has 1 fully saturated rings. The third-order valence-electron chi connectivity index (χ3n) is 3.21. The molecule has 110 valence electrons. The van der Waals surface area contributed by atoms with E-state index in [1.807, 2.05) is 4.90 Å². The number of piperazine rings is 1. The molecular weight excluding hydrogens is 262 g/mol. The topological polar surface area (TPSA) is 102 Å². The van der Waals surface area contributed by atoms with Gasteiger partial charge in [0.2, 0.25) is 0 Å². The van der Waals surface area contributed by atoms with Crippen molar-refractivity contribution in [3.05, 3.63) is 18.2 Å². The number of rotatable bonds is 5. The Morgan fingerprint density at radius 2 is 2.10 bits per heavy atom. The predicted molar refractivity (Wildman–Crippen MR) is 71.3 cm³/mol. The summed E-state index contributed by atoms with van der Waals surface area (Å²) in [4.78, 5) is 33.1. The van der Waals surface area contributed by atoms with Crippen LogP contribution in [0.2, 0.25) is 0 Å². The lowest BCUT2D eigenvalue weighted by atomic mass is 10.3. The third-order valence-corrected chi connectivity index (χ3v) is 3.21. The zero-order valence-corrected chi connectivity index (χ0v) is 11.2. The number of carbonyl (C=O) groups is 2. The summed E-state index contributed by atoms with van der Waals surface area (Å²) in [6, 6.07) is -0.105. The summed E-state index contributed by atoms with van der Waals surface area (Å²) in [5.41, 5.74) is 0. The maximum Gasteiger partial charge on any atom is 0.317 e. The van der Waals surface area contributed by atoms with Crippen molar-refractivity contribution >= 4 is 12.0 Å². The maximum absolute atomic E-state index is 11.9. The SMILES string of the molecule is O=C(O)CN1CCN(C(=O)NCCc2ncc[nH]2)CC1. The van der Waals surface area contributed by atoms with Crippen LogP contribution in [-0.4, -0.2) is 76.1 Å². The summed E-state index contributed by atoms with van der Waals surface area (Å²) < 4.78 is 0. The molecule has 1 aromatic rings. The second kappa shape index (κ2) is 6.90. The number of amides is 2. The molecule has 0 spiro atoms. The smallest absolute Gasteiger partial charge is 0.317 e. The minimum Gasteiger partial charge on any atom is -0.480 e. The Kier molecular flexibility index (Phi) is 4.94. The van der Waals surface area contributed by atoms with Gasteiger partial charge in [-0.25, -0.2) is 9.78 Å². The molecule has 1 aliphatic heterocycles. The van der Waals surface area contributed by atoms with Crippen molar-refractivity contribution in [1.29, 1.82) is 0 Å². The van der Waals surface area contributed by atoms with Gasteiger partial charge in [-0.2, -0.15) is 0 Å². The summed E-state index contributed by atoms with van der Waals surface area (Å²) >= 11 is 0. The number of nitrogens with one attached hydrogen (secondary N) is 2. The fourth-order valence-electron chi connectivity index (χ4n) is 2.13. The summed E-state index contributed by atoms with van der Waals surface area (Å²) in [6.45, 7) is 2.87. The lowest BCUT2D eigenvalue weighted by molar-refractivity contribution is -0.138. The third kappa shape index (κ3) is 4.23. The van der Waals surface area contributed by atoms with Crippen molar-refractivity contribution in [2.45, 2.75) is 6.42 Å². The summed E-state index contributed by atoms with van der Waals surface area (Å²) in [5, 5.41) is 11.5. The second-order valence-corrected chi connectivity index (χ2v) is 4.67. The van der Waals surface area contributed by atoms with Crippen LogP contribution in [0.5, 0.6) is 0 Å². The van der Waals surface area contributed by atoms with Crippen molar-refractivity contribution in [1.82, 2.24) is 25.1 Å². The Hall–Kier alpha value is -2.09. The van der Waals surface area contributed by atoms with Crippen LogP contribution >= 0.6 is 0 Å². The molecule has 8 nitrogen and oxygen atoms in total. The van der Waals surface area contributed by atoms with Gasteiger partial charge in [-0.15, -0.1) is 0 Å². The van der Waals surface area contributed by atoms with E-state index < -0.39 is 5.97 Å². The highest BCUT2D eigenvalue weighted by Gasteiger charge is 2.21. The first kappa shape index (κ1) is 14.3. The van der Waals surface area contributed by atoms with Crippen LogP contribution < -0.4 is 5.32 Å². The van der Waals surface area contributed by atoms with Crippen LogP contribution in [0, 0.1) is 0 Å². The number of urea groups is 1. The minimum atomic E-state index is -0.832. The van der Waals surface area contributed by atoms with E-state index >= 15 is 0 Å². The Morgan fingerprint density at radius 1 is 1.35 bits per heavy atom. The molecule has 1 aromatic heterocycles. The molecule has 2 heterocycles. The number of carboxylic acids is 1. The van der Waals surface area contributed by atoms with Gasteiger partial charge in [-0.05, 0) is 0 Å². The molecule has 2 rings (SSSR count). The Bertz CT molecular complexity index is 440. The number of aromatic amines is 1. The van der Waals surface area contributed by atoms with Crippen molar-refractivity contribution in [2.24, 2.45) is 0 Å². The Morgan fingerprint density at radius 3 is 2.70 bits per heavy atom. The lowest BCUT2D eigenvalue weighted by Gasteiger charge is -2.33. The van der Waals surface area contributed by atoms with Gasteiger partial charge in [0.05, 0.1) is 6.54 Å². The van der Waals surface area contributed by atoms with E-state index in [0.717, 1.165) is 5.82 Å². The molecular formula is C12H19N5O3. The summed E-state index contributed by atoms with van der Waals surface area (Å²) in [7, 11) is 0. The van der Waals surface area contributed by atoms with Gasteiger partial charge in [0.1, 0.15) is 5.82 Å². The van der Waals surface area contributed by atoms with E-state index in [4.69, 9.17) is 5.11 Å². The Labute approximate surface area is 116 Å². The van der Waals surface area contributed by atoms with Gasteiger partial charge < -0.3 is 20.3 Å². The standard InChI is InChI=1S/C12H19N5O3/c18-11(19)9-16-5-7-17(8-6-16)12(20)15-2-1-10-13-3-4-14-10/h3-4H,1-2,5-9H2,(H,13,14)(H,15,20)(H,18,19). The molecule has 0 aliphatic carbocycles. The Balaban J connectivity index is 1.65. The fraction of sp³-hybridized carbons (Fsp3) is 0.583. The highest BCUT2D eigenvalue weighted by molar-refractivity contribution is 5.74. The molecule has 2 amide bonds. The first-order valence-electron chi connectivity index (χ1n) is 6.60. The molecule has 0 radical (unpaired) electrons. The highest BCUT2D eigenvalue weighted by Crippen LogP contribution is 2.01. The van der Waals surface area contributed by atoms with Gasteiger partial charge in [0.15, 0.2) is 0 Å². The number of imidazole rings is 1. The van der Waals surface area contributed by atoms with Crippen molar-refractivity contribution < 1.29 is 14.7 Å². The fourth-order valence-corrected chi connectivity index (χ4v) is 2.13. The van der Waals surface area contributed by atoms with E-state index in [0.29, 0.717) is 39.1 Å². The maximum atomic E-state index is 11.9. The van der Waals surface area contributed by atoms with Crippen LogP contribution in [0.4, 0.5) is 4.79 Å². The van der Waals surface area contributed by atoms with Crippen LogP contribution in [0.3, 0.4) is 0 Å². The average Bonchev–Trinajstić information content (AvgIpc) is 2.92. The number of aromatic nitrogens is 2. The highest BCUT2D eigenvalue weighted by atomic mass is 16.4. The van der Waals surface area contributed by atoms with Crippen molar-refractivity contribution in [3.63, 3.8) is 0 Å². The van der Waals surface area contributed by atoms with E-state index in [9.17, 15) is 9.59 Å². The average molecular weight is 281 g/mol. The molecule has 1 aliphatic rings. The van der Waals surface area contributed by atoms with E-state index in [1.54, 1.807) is 17.3 Å². The molecule has 3 N–H and O–H groups in total. The van der Waals surface area contributed by atoms with Crippen molar-refractivity contribution in [2.75, 3.05) is 39.3 Å². The number of nitrogens with zero attached hydrogens (tertiary/aromatic N) is 3. The zero-order valence-electron chi connectivity index (χ0n) is 11.2. The van der Waals surface area contributed by atoms with E-state index in [-0.39, 0.29) is 12.6 Å². The molecule has 0 saturated carbocycles. The van der Waals surface area contributed by atoms with Gasteiger partial charge in [0, 0.05) is 51.5 Å². The summed E-state index contributed by atoms with van der Waals surface area (Å²) in [6.07, 6.45) is 4.09. The predicted octanol–water partition coefficient (Wildman–Crippen LogP) is -0.636. The largest absolute Gasteiger partial charge is 0.480 e. The second-order valence-electron chi connectivity index (χ2n) is 4.67. The van der Waals surface area contributed by atoms with E-state index in [2.05, 4.69) is 15.3 Å².